The van der Waals surface area contributed by atoms with Crippen LogP contribution in [0.1, 0.15) is 60.8 Å². The Morgan fingerprint density at radius 1 is 1.28 bits per heavy atom. The molecule has 0 spiro atoms. The van der Waals surface area contributed by atoms with Gasteiger partial charge in [0, 0.05) is 17.1 Å². The maximum absolute atomic E-state index is 13.3. The van der Waals surface area contributed by atoms with Gasteiger partial charge in [-0.2, -0.15) is 0 Å². The number of Topliss-reactive ketones (excluding diaryl/α,β-unsaturated/α-hetero) is 1. The predicted octanol–water partition coefficient (Wildman–Crippen LogP) is 2.67. The Morgan fingerprint density at radius 2 is 1.91 bits per heavy atom. The summed E-state index contributed by atoms with van der Waals surface area (Å²) in [5, 5.41) is 11.3. The van der Waals surface area contributed by atoms with E-state index >= 15 is 0 Å². The Morgan fingerprint density at radius 3 is 2.47 bits per heavy atom. The molecule has 1 saturated carbocycles. The lowest BCUT2D eigenvalue weighted by Crippen LogP contribution is -2.55. The number of allylic oxidation sites excluding steroid dienone is 1. The topological polar surface area (TPSA) is 116 Å². The lowest BCUT2D eigenvalue weighted by Gasteiger charge is -2.40. The highest BCUT2D eigenvalue weighted by atomic mass is 16.6. The van der Waals surface area contributed by atoms with Gasteiger partial charge >= 0.3 is 17.9 Å². The monoisotopic (exact) mass is 450 g/mol. The van der Waals surface area contributed by atoms with E-state index in [9.17, 15) is 24.3 Å². The Labute approximate surface area is 189 Å². The van der Waals surface area contributed by atoms with Crippen molar-refractivity contribution in [2.45, 2.75) is 84.7 Å². The van der Waals surface area contributed by atoms with Gasteiger partial charge in [-0.25, -0.2) is 9.59 Å². The quantitative estimate of drug-likeness (QED) is 0.395. The van der Waals surface area contributed by atoms with Crippen LogP contribution in [0.3, 0.4) is 0 Å². The fraction of sp³-hybridized carbons (Fsp3) is 0.667. The average Bonchev–Trinajstić information content (AvgIpc) is 3.01. The Hall–Kier alpha value is -2.48. The summed E-state index contributed by atoms with van der Waals surface area (Å²) in [6.07, 6.45) is -1.22. The van der Waals surface area contributed by atoms with Crippen LogP contribution in [-0.4, -0.2) is 52.7 Å². The van der Waals surface area contributed by atoms with Gasteiger partial charge in [-0.15, -0.1) is 0 Å². The van der Waals surface area contributed by atoms with E-state index in [0.717, 1.165) is 0 Å². The summed E-state index contributed by atoms with van der Waals surface area (Å²) in [5.41, 5.74) is -1.31. The van der Waals surface area contributed by atoms with Gasteiger partial charge in [0.15, 0.2) is 24.1 Å². The third-order valence-corrected chi connectivity index (χ3v) is 6.29. The van der Waals surface area contributed by atoms with Crippen LogP contribution in [0.15, 0.2) is 23.8 Å². The zero-order valence-corrected chi connectivity index (χ0v) is 19.7. The van der Waals surface area contributed by atoms with Gasteiger partial charge in [0.1, 0.15) is 5.60 Å². The number of hydrogen-bond acceptors (Lipinski definition) is 8. The average molecular weight is 451 g/mol. The molecule has 1 heterocycles. The molecule has 178 valence electrons. The van der Waals surface area contributed by atoms with Crippen molar-refractivity contribution < 1.29 is 38.5 Å². The maximum Gasteiger partial charge on any atom is 0.334 e. The van der Waals surface area contributed by atoms with Gasteiger partial charge in [0.25, 0.3) is 0 Å². The highest BCUT2D eigenvalue weighted by Gasteiger charge is 2.57. The van der Waals surface area contributed by atoms with Gasteiger partial charge < -0.3 is 19.3 Å². The van der Waals surface area contributed by atoms with E-state index in [1.165, 1.54) is 6.92 Å². The molecule has 0 bridgehead atoms. The second-order valence-corrected chi connectivity index (χ2v) is 9.28. The summed E-state index contributed by atoms with van der Waals surface area (Å²) in [4.78, 5) is 50.8. The van der Waals surface area contributed by atoms with E-state index in [-0.39, 0.29) is 17.8 Å². The molecule has 2 rings (SSSR count). The minimum absolute atomic E-state index is 0.0581. The molecule has 0 radical (unpaired) electrons. The summed E-state index contributed by atoms with van der Waals surface area (Å²) in [7, 11) is 0. The Balaban J connectivity index is 2.60. The largest absolute Gasteiger partial charge is 0.454 e. The molecule has 8 heteroatoms. The smallest absolute Gasteiger partial charge is 0.334 e. The number of carbonyl (C=O) groups is 4. The normalized spacial score (nSPS) is 34.1. The molecule has 0 aromatic rings. The maximum atomic E-state index is 13.3. The van der Waals surface area contributed by atoms with Crippen LogP contribution in [0.25, 0.3) is 0 Å². The number of ether oxygens (including phenoxy) is 3. The van der Waals surface area contributed by atoms with Crippen molar-refractivity contribution in [3.63, 3.8) is 0 Å². The molecular formula is C24H34O8. The second kappa shape index (κ2) is 9.98. The van der Waals surface area contributed by atoms with E-state index < -0.39 is 59.6 Å². The number of esters is 3. The third-order valence-electron chi connectivity index (χ3n) is 6.29. The molecule has 0 aromatic heterocycles. The van der Waals surface area contributed by atoms with Crippen molar-refractivity contribution in [1.29, 1.82) is 0 Å². The van der Waals surface area contributed by atoms with Crippen LogP contribution in [0, 0.1) is 17.8 Å². The van der Waals surface area contributed by atoms with Crippen LogP contribution in [0.2, 0.25) is 0 Å². The molecule has 1 aliphatic heterocycles. The first-order chi connectivity index (χ1) is 14.8. The zero-order chi connectivity index (χ0) is 24.4. The summed E-state index contributed by atoms with van der Waals surface area (Å²) < 4.78 is 16.7. The number of rotatable bonds is 4. The molecule has 2 aliphatic rings. The molecule has 0 unspecified atom stereocenters. The molecule has 0 aromatic carbocycles. The lowest BCUT2D eigenvalue weighted by atomic mass is 9.76. The van der Waals surface area contributed by atoms with Crippen molar-refractivity contribution >= 4 is 23.7 Å². The molecule has 1 aliphatic carbocycles. The van der Waals surface area contributed by atoms with Gasteiger partial charge in [-0.3, -0.25) is 9.59 Å². The van der Waals surface area contributed by atoms with Gasteiger partial charge in [-0.05, 0) is 40.0 Å². The van der Waals surface area contributed by atoms with Crippen LogP contribution in [-0.2, 0) is 33.4 Å². The number of hydrogen-bond donors (Lipinski definition) is 1. The fourth-order valence-corrected chi connectivity index (χ4v) is 3.99. The molecule has 0 amide bonds. The first-order valence-electron chi connectivity index (χ1n) is 11.0. The number of carbonyl (C=O) groups excluding carboxylic acids is 4. The first-order valence-corrected chi connectivity index (χ1v) is 11.0. The number of ketones is 1. The summed E-state index contributed by atoms with van der Waals surface area (Å²) >= 11 is 0. The Kier molecular flexibility index (Phi) is 8.04. The van der Waals surface area contributed by atoms with Crippen LogP contribution in [0.5, 0.6) is 0 Å². The van der Waals surface area contributed by atoms with E-state index in [0.29, 0.717) is 18.4 Å². The highest BCUT2D eigenvalue weighted by molar-refractivity contribution is 5.95. The first kappa shape index (κ1) is 25.8. The molecular weight excluding hydrogens is 416 g/mol. The van der Waals surface area contributed by atoms with Crippen molar-refractivity contribution in [2.24, 2.45) is 17.8 Å². The van der Waals surface area contributed by atoms with E-state index in [1.54, 1.807) is 40.7 Å². The number of aliphatic hydroxyl groups is 1. The van der Waals surface area contributed by atoms with Gasteiger partial charge in [0.2, 0.25) is 0 Å². The number of fused-ring (bicyclic) bond motifs is 1. The second-order valence-electron chi connectivity index (χ2n) is 9.28. The minimum atomic E-state index is -1.57. The van der Waals surface area contributed by atoms with Crippen molar-refractivity contribution in [3.8, 4) is 0 Å². The van der Waals surface area contributed by atoms with Crippen molar-refractivity contribution in [2.75, 3.05) is 0 Å². The summed E-state index contributed by atoms with van der Waals surface area (Å²) in [5.74, 6) is -4.51. The van der Waals surface area contributed by atoms with Crippen molar-refractivity contribution in [3.05, 3.63) is 23.8 Å². The molecule has 1 saturated heterocycles. The van der Waals surface area contributed by atoms with Crippen LogP contribution < -0.4 is 0 Å². The summed E-state index contributed by atoms with van der Waals surface area (Å²) in [6, 6.07) is 0. The molecule has 6 atom stereocenters. The predicted molar refractivity (Wildman–Crippen MR) is 115 cm³/mol. The standard InChI is InChI=1S/C24H34O8/c1-8-13(4)22(27)32-20-19-16(15(6)23(28)31-19)18(30-21(26)12(2)3)17(25)14(5)10-9-11-24(20,7)29/h8,12,14,16,18-20,29H,6,9-11H2,1-5,7H3/b13-8-/t14-,16-,18-,19+,20-,24+/m1/s1. The summed E-state index contributed by atoms with van der Waals surface area (Å²) in [6.45, 7) is 13.5. The van der Waals surface area contributed by atoms with Gasteiger partial charge in [0.05, 0.1) is 11.8 Å². The van der Waals surface area contributed by atoms with Crippen LogP contribution >= 0.6 is 0 Å². The van der Waals surface area contributed by atoms with Crippen LogP contribution in [0.4, 0.5) is 0 Å². The zero-order valence-electron chi connectivity index (χ0n) is 19.7. The minimum Gasteiger partial charge on any atom is -0.454 e. The molecule has 32 heavy (non-hydrogen) atoms. The fourth-order valence-electron chi connectivity index (χ4n) is 3.99. The SMILES string of the molecule is C=C1C(=O)O[C@H]2[C@H]1[C@@H](OC(=O)C(C)C)C(=O)[C@H](C)CCC[C@](C)(O)[C@@H]2OC(=O)/C(C)=C\C. The Bertz CT molecular complexity index is 822. The van der Waals surface area contributed by atoms with Gasteiger partial charge in [-0.1, -0.05) is 33.4 Å². The molecule has 2 fully saturated rings. The van der Waals surface area contributed by atoms with E-state index in [1.807, 2.05) is 0 Å². The molecule has 1 N–H and O–H groups in total. The molecule has 8 nitrogen and oxygen atoms in total. The lowest BCUT2D eigenvalue weighted by molar-refractivity contribution is -0.191. The van der Waals surface area contributed by atoms with E-state index in [2.05, 4.69) is 6.58 Å². The third kappa shape index (κ3) is 5.28. The van der Waals surface area contributed by atoms with Crippen molar-refractivity contribution in [1.82, 2.24) is 0 Å². The highest BCUT2D eigenvalue weighted by Crippen LogP contribution is 2.41. The van der Waals surface area contributed by atoms with E-state index in [4.69, 9.17) is 14.2 Å².